The van der Waals surface area contributed by atoms with Crippen LogP contribution in [0.3, 0.4) is 0 Å². The van der Waals surface area contributed by atoms with Crippen molar-refractivity contribution in [2.75, 3.05) is 6.61 Å². The van der Waals surface area contributed by atoms with E-state index in [1.54, 1.807) is 44.2 Å². The van der Waals surface area contributed by atoms with Gasteiger partial charge in [0.2, 0.25) is 29.5 Å². The Labute approximate surface area is 248 Å². The molecule has 1 unspecified atom stereocenters. The standard InChI is InChI=1S/C27H40N6O10/c1-13(2)21(33-25(40)19(12-34)32-24(39)17(28)11-20(35)36)26(41)30-14(3)22(37)29-15(4)23(38)31-18(27(42)43)10-16-8-6-5-7-9-16/h5-9,13-15,17-19,21,34H,10-12,28H2,1-4H3,(H,29,37)(H,30,41)(H,31,38)(H,32,39)(H,33,40)(H,35,36)(H,42,43)/t14?,15-,17-,18-,19-,21-/m0/s1. The van der Waals surface area contributed by atoms with Crippen LogP contribution in [0.5, 0.6) is 0 Å². The quantitative estimate of drug-likeness (QED) is 0.0873. The predicted molar refractivity (Wildman–Crippen MR) is 151 cm³/mol. The lowest BCUT2D eigenvalue weighted by molar-refractivity contribution is -0.142. The Kier molecular flexibility index (Phi) is 14.8. The van der Waals surface area contributed by atoms with Crippen LogP contribution in [0.1, 0.15) is 39.7 Å². The highest BCUT2D eigenvalue weighted by Gasteiger charge is 2.32. The minimum Gasteiger partial charge on any atom is -0.481 e. The summed E-state index contributed by atoms with van der Waals surface area (Å²) in [4.78, 5) is 85.4. The molecule has 0 aromatic heterocycles. The highest BCUT2D eigenvalue weighted by atomic mass is 16.4. The molecule has 0 aliphatic heterocycles. The van der Waals surface area contributed by atoms with Gasteiger partial charge in [0.25, 0.3) is 0 Å². The maximum Gasteiger partial charge on any atom is 0.326 e. The molecule has 0 saturated heterocycles. The molecule has 0 fully saturated rings. The number of amides is 5. The first-order valence-corrected chi connectivity index (χ1v) is 13.4. The third kappa shape index (κ3) is 12.5. The van der Waals surface area contributed by atoms with E-state index in [0.29, 0.717) is 5.56 Å². The maximum absolute atomic E-state index is 12.9. The number of carbonyl (C=O) groups excluding carboxylic acids is 5. The lowest BCUT2D eigenvalue weighted by Crippen LogP contribution is -2.60. The van der Waals surface area contributed by atoms with Gasteiger partial charge in [0, 0.05) is 6.42 Å². The molecule has 6 atom stereocenters. The van der Waals surface area contributed by atoms with Crippen LogP contribution in [-0.2, 0) is 40.0 Å². The Hall–Kier alpha value is -4.57. The summed E-state index contributed by atoms with van der Waals surface area (Å²) in [7, 11) is 0. The van der Waals surface area contributed by atoms with E-state index in [1.807, 2.05) is 0 Å². The van der Waals surface area contributed by atoms with Gasteiger partial charge in [-0.05, 0) is 25.3 Å². The van der Waals surface area contributed by atoms with Crippen molar-refractivity contribution >= 4 is 41.5 Å². The lowest BCUT2D eigenvalue weighted by Gasteiger charge is -2.26. The van der Waals surface area contributed by atoms with Gasteiger partial charge in [-0.3, -0.25) is 28.8 Å². The average Bonchev–Trinajstić information content (AvgIpc) is 2.93. The second-order valence-corrected chi connectivity index (χ2v) is 10.2. The normalized spacial score (nSPS) is 15.0. The predicted octanol–water partition coefficient (Wildman–Crippen LogP) is -2.77. The second-order valence-electron chi connectivity index (χ2n) is 10.2. The molecule has 1 rings (SSSR count). The van der Waals surface area contributed by atoms with Crippen molar-refractivity contribution in [3.05, 3.63) is 35.9 Å². The molecule has 0 heterocycles. The number of rotatable bonds is 17. The topological polar surface area (TPSA) is 266 Å². The van der Waals surface area contributed by atoms with E-state index in [0.717, 1.165) is 0 Å². The Balaban J connectivity index is 2.76. The number of hydrogen-bond acceptors (Lipinski definition) is 9. The monoisotopic (exact) mass is 608 g/mol. The van der Waals surface area contributed by atoms with Crippen molar-refractivity contribution in [3.63, 3.8) is 0 Å². The molecule has 43 heavy (non-hydrogen) atoms. The van der Waals surface area contributed by atoms with Crippen LogP contribution in [0.25, 0.3) is 0 Å². The van der Waals surface area contributed by atoms with Gasteiger partial charge in [0.05, 0.1) is 19.1 Å². The van der Waals surface area contributed by atoms with Crippen molar-refractivity contribution < 1.29 is 48.9 Å². The third-order valence-electron chi connectivity index (χ3n) is 6.20. The highest BCUT2D eigenvalue weighted by Crippen LogP contribution is 2.06. The molecular formula is C27H40N6O10. The van der Waals surface area contributed by atoms with E-state index in [-0.39, 0.29) is 6.42 Å². The smallest absolute Gasteiger partial charge is 0.326 e. The molecule has 10 N–H and O–H groups in total. The summed E-state index contributed by atoms with van der Waals surface area (Å²) in [5.41, 5.74) is 6.15. The number of benzene rings is 1. The fourth-order valence-corrected chi connectivity index (χ4v) is 3.66. The zero-order valence-electron chi connectivity index (χ0n) is 24.3. The van der Waals surface area contributed by atoms with Crippen molar-refractivity contribution in [1.29, 1.82) is 0 Å². The van der Waals surface area contributed by atoms with Gasteiger partial charge in [-0.25, -0.2) is 4.79 Å². The summed E-state index contributed by atoms with van der Waals surface area (Å²) in [6, 6.07) is 0.797. The molecule has 1 aromatic rings. The van der Waals surface area contributed by atoms with Crippen LogP contribution < -0.4 is 32.3 Å². The maximum atomic E-state index is 12.9. The van der Waals surface area contributed by atoms with Gasteiger partial charge in [-0.2, -0.15) is 0 Å². The van der Waals surface area contributed by atoms with Crippen LogP contribution >= 0.6 is 0 Å². The molecule has 0 aliphatic carbocycles. The number of aliphatic hydroxyl groups excluding tert-OH is 1. The average molecular weight is 609 g/mol. The van der Waals surface area contributed by atoms with E-state index in [2.05, 4.69) is 26.6 Å². The summed E-state index contributed by atoms with van der Waals surface area (Å²) < 4.78 is 0. The minimum absolute atomic E-state index is 0.0211. The first kappa shape index (κ1) is 36.5. The Bertz CT molecular complexity index is 1160. The van der Waals surface area contributed by atoms with Crippen LogP contribution in [0.15, 0.2) is 30.3 Å². The highest BCUT2D eigenvalue weighted by molar-refractivity contribution is 5.96. The number of carboxylic acids is 2. The van der Waals surface area contributed by atoms with Gasteiger partial charge in [-0.15, -0.1) is 0 Å². The van der Waals surface area contributed by atoms with Gasteiger partial charge in [0.1, 0.15) is 30.2 Å². The van der Waals surface area contributed by atoms with Gasteiger partial charge < -0.3 is 47.6 Å². The van der Waals surface area contributed by atoms with E-state index in [9.17, 15) is 43.8 Å². The van der Waals surface area contributed by atoms with Gasteiger partial charge >= 0.3 is 11.9 Å². The fourth-order valence-electron chi connectivity index (χ4n) is 3.66. The summed E-state index contributed by atoms with van der Waals surface area (Å²) in [6.45, 7) is 4.96. The Morgan fingerprint density at radius 1 is 0.698 bits per heavy atom. The summed E-state index contributed by atoms with van der Waals surface area (Å²) in [5.74, 6) is -7.41. The first-order valence-electron chi connectivity index (χ1n) is 13.4. The van der Waals surface area contributed by atoms with Crippen LogP contribution in [0.2, 0.25) is 0 Å². The molecule has 1 aromatic carbocycles. The number of nitrogens with one attached hydrogen (secondary N) is 5. The van der Waals surface area contributed by atoms with E-state index < -0.39 is 96.7 Å². The molecule has 16 heteroatoms. The SMILES string of the molecule is CC(NC(=O)[C@@H](NC(=O)[C@H](CO)NC(=O)[C@@H](N)CC(=O)O)C(C)C)C(=O)N[C@@H](C)C(=O)N[C@@H](Cc1ccccc1)C(=O)O. The largest absolute Gasteiger partial charge is 0.481 e. The Morgan fingerprint density at radius 3 is 1.70 bits per heavy atom. The second kappa shape index (κ2) is 17.4. The minimum atomic E-state index is -1.54. The van der Waals surface area contributed by atoms with Crippen molar-refractivity contribution in [2.45, 2.75) is 76.8 Å². The van der Waals surface area contributed by atoms with Crippen LogP contribution in [0.4, 0.5) is 0 Å². The van der Waals surface area contributed by atoms with Crippen molar-refractivity contribution in [3.8, 4) is 0 Å². The van der Waals surface area contributed by atoms with Crippen LogP contribution in [-0.4, -0.2) is 99.7 Å². The summed E-state index contributed by atoms with van der Waals surface area (Å²) >= 11 is 0. The van der Waals surface area contributed by atoms with Crippen molar-refractivity contribution in [1.82, 2.24) is 26.6 Å². The molecule has 0 radical (unpaired) electrons. The fraction of sp³-hybridized carbons (Fsp3) is 0.519. The number of nitrogens with two attached hydrogens (primary N) is 1. The third-order valence-corrected chi connectivity index (χ3v) is 6.20. The number of hydrogen-bond donors (Lipinski definition) is 9. The summed E-state index contributed by atoms with van der Waals surface area (Å²) in [6.07, 6.45) is -0.690. The van der Waals surface area contributed by atoms with Crippen molar-refractivity contribution in [2.24, 2.45) is 11.7 Å². The van der Waals surface area contributed by atoms with E-state index in [4.69, 9.17) is 10.8 Å². The number of aliphatic carboxylic acids is 2. The molecule has 5 amide bonds. The zero-order valence-corrected chi connectivity index (χ0v) is 24.3. The van der Waals surface area contributed by atoms with Gasteiger partial charge in [-0.1, -0.05) is 44.2 Å². The van der Waals surface area contributed by atoms with E-state index in [1.165, 1.54) is 13.8 Å². The molecule has 16 nitrogen and oxygen atoms in total. The molecule has 0 aliphatic rings. The molecule has 0 spiro atoms. The first-order chi connectivity index (χ1) is 20.1. The zero-order chi connectivity index (χ0) is 32.9. The molecule has 0 saturated carbocycles. The Morgan fingerprint density at radius 2 is 1.21 bits per heavy atom. The number of aliphatic hydroxyl groups is 1. The summed E-state index contributed by atoms with van der Waals surface area (Å²) in [5, 5.41) is 39.5. The van der Waals surface area contributed by atoms with Crippen LogP contribution in [0, 0.1) is 5.92 Å². The molecular weight excluding hydrogens is 568 g/mol. The van der Waals surface area contributed by atoms with Gasteiger partial charge in [0.15, 0.2) is 0 Å². The van der Waals surface area contributed by atoms with E-state index >= 15 is 0 Å². The number of carboxylic acid groups (broad SMARTS) is 2. The number of carbonyl (C=O) groups is 7. The lowest BCUT2D eigenvalue weighted by atomic mass is 10.0. The molecule has 238 valence electrons. The molecule has 0 bridgehead atoms.